The zero-order valence-electron chi connectivity index (χ0n) is 10.1. The summed E-state index contributed by atoms with van der Waals surface area (Å²) < 4.78 is 10.9. The number of amides is 1. The SMILES string of the molecule is O=C1CC(C(=O)O)C(c2ccc3c(c2)OCCO3)N1. The number of rotatable bonds is 2. The van der Waals surface area contributed by atoms with Gasteiger partial charge in [-0.05, 0) is 17.7 Å². The summed E-state index contributed by atoms with van der Waals surface area (Å²) in [6, 6.07) is 4.73. The van der Waals surface area contributed by atoms with Gasteiger partial charge in [0.2, 0.25) is 5.91 Å². The molecule has 6 nitrogen and oxygen atoms in total. The molecule has 2 N–H and O–H groups in total. The first-order valence-corrected chi connectivity index (χ1v) is 6.07. The monoisotopic (exact) mass is 263 g/mol. The highest BCUT2D eigenvalue weighted by atomic mass is 16.6. The molecule has 2 atom stereocenters. The molecule has 3 rings (SSSR count). The van der Waals surface area contributed by atoms with Crippen LogP contribution in [0.5, 0.6) is 11.5 Å². The number of benzene rings is 1. The summed E-state index contributed by atoms with van der Waals surface area (Å²) in [7, 11) is 0. The van der Waals surface area contributed by atoms with E-state index in [2.05, 4.69) is 5.32 Å². The lowest BCUT2D eigenvalue weighted by Gasteiger charge is -2.21. The van der Waals surface area contributed by atoms with Crippen molar-refractivity contribution >= 4 is 11.9 Å². The summed E-state index contributed by atoms with van der Waals surface area (Å²) in [4.78, 5) is 22.6. The Hall–Kier alpha value is -2.24. The maximum absolute atomic E-state index is 11.4. The molecule has 1 aromatic rings. The van der Waals surface area contributed by atoms with Crippen LogP contribution in [0, 0.1) is 5.92 Å². The van der Waals surface area contributed by atoms with Crippen molar-refractivity contribution in [2.24, 2.45) is 5.92 Å². The van der Waals surface area contributed by atoms with E-state index in [0.717, 1.165) is 5.56 Å². The number of carboxylic acids is 1. The molecule has 0 radical (unpaired) electrons. The van der Waals surface area contributed by atoms with Crippen LogP contribution in [0.3, 0.4) is 0 Å². The van der Waals surface area contributed by atoms with Crippen molar-refractivity contribution < 1.29 is 24.2 Å². The van der Waals surface area contributed by atoms with Gasteiger partial charge in [-0.15, -0.1) is 0 Å². The van der Waals surface area contributed by atoms with Crippen molar-refractivity contribution in [2.45, 2.75) is 12.5 Å². The van der Waals surface area contributed by atoms with Crippen molar-refractivity contribution in [3.63, 3.8) is 0 Å². The van der Waals surface area contributed by atoms with Crippen LogP contribution in [0.1, 0.15) is 18.0 Å². The van der Waals surface area contributed by atoms with Gasteiger partial charge < -0.3 is 19.9 Å². The van der Waals surface area contributed by atoms with E-state index >= 15 is 0 Å². The summed E-state index contributed by atoms with van der Waals surface area (Å²) in [6.07, 6.45) is 0.00837. The Balaban J connectivity index is 1.93. The van der Waals surface area contributed by atoms with Crippen LogP contribution in [0.25, 0.3) is 0 Å². The summed E-state index contributed by atoms with van der Waals surface area (Å²) >= 11 is 0. The first-order valence-electron chi connectivity index (χ1n) is 6.07. The Morgan fingerprint density at radius 3 is 2.74 bits per heavy atom. The van der Waals surface area contributed by atoms with Crippen LogP contribution in [-0.4, -0.2) is 30.2 Å². The van der Waals surface area contributed by atoms with Crippen LogP contribution < -0.4 is 14.8 Å². The molecular formula is C13H13NO5. The predicted molar refractivity (Wildman–Crippen MR) is 64.1 cm³/mol. The Bertz CT molecular complexity index is 542. The van der Waals surface area contributed by atoms with Crippen molar-refractivity contribution in [1.29, 1.82) is 0 Å². The van der Waals surface area contributed by atoms with Gasteiger partial charge in [-0.2, -0.15) is 0 Å². The number of aliphatic carboxylic acids is 1. The second-order valence-electron chi connectivity index (χ2n) is 4.60. The highest BCUT2D eigenvalue weighted by Gasteiger charge is 2.38. The van der Waals surface area contributed by atoms with Crippen molar-refractivity contribution in [3.8, 4) is 11.5 Å². The molecule has 0 aliphatic carbocycles. The highest BCUT2D eigenvalue weighted by molar-refractivity contribution is 5.87. The van der Waals surface area contributed by atoms with Crippen LogP contribution in [0.2, 0.25) is 0 Å². The number of carbonyl (C=O) groups excluding carboxylic acids is 1. The molecule has 2 unspecified atom stereocenters. The first kappa shape index (κ1) is 11.8. The average Bonchev–Trinajstić information content (AvgIpc) is 2.80. The number of fused-ring (bicyclic) bond motifs is 1. The molecule has 0 bridgehead atoms. The summed E-state index contributed by atoms with van der Waals surface area (Å²) in [5.41, 5.74) is 0.725. The Morgan fingerprint density at radius 2 is 2.00 bits per heavy atom. The molecule has 0 aromatic heterocycles. The molecule has 2 heterocycles. The fraction of sp³-hybridized carbons (Fsp3) is 0.385. The molecule has 1 amide bonds. The zero-order chi connectivity index (χ0) is 13.4. The first-order chi connectivity index (χ1) is 9.15. The summed E-state index contributed by atoms with van der Waals surface area (Å²) in [5, 5.41) is 11.8. The molecule has 19 heavy (non-hydrogen) atoms. The lowest BCUT2D eigenvalue weighted by atomic mass is 9.94. The van der Waals surface area contributed by atoms with Crippen LogP contribution in [0.4, 0.5) is 0 Å². The number of carboxylic acid groups (broad SMARTS) is 1. The van der Waals surface area contributed by atoms with Crippen LogP contribution in [0.15, 0.2) is 18.2 Å². The molecule has 2 aliphatic rings. The molecule has 1 aromatic carbocycles. The molecule has 0 spiro atoms. The molecule has 1 saturated heterocycles. The minimum atomic E-state index is -0.974. The van der Waals surface area contributed by atoms with E-state index in [9.17, 15) is 9.59 Å². The Morgan fingerprint density at radius 1 is 1.26 bits per heavy atom. The van der Waals surface area contributed by atoms with Gasteiger partial charge in [0.05, 0.1) is 12.0 Å². The quantitative estimate of drug-likeness (QED) is 0.821. The molecule has 0 saturated carbocycles. The van der Waals surface area contributed by atoms with E-state index in [1.807, 2.05) is 0 Å². The van der Waals surface area contributed by atoms with Crippen LogP contribution in [-0.2, 0) is 9.59 Å². The maximum atomic E-state index is 11.4. The predicted octanol–water partition coefficient (Wildman–Crippen LogP) is 0.720. The fourth-order valence-corrected chi connectivity index (χ4v) is 2.45. The van der Waals surface area contributed by atoms with Crippen molar-refractivity contribution in [2.75, 3.05) is 13.2 Å². The van der Waals surface area contributed by atoms with E-state index in [1.54, 1.807) is 18.2 Å². The number of nitrogens with one attached hydrogen (secondary N) is 1. The molecule has 6 heteroatoms. The van der Waals surface area contributed by atoms with E-state index < -0.39 is 17.9 Å². The van der Waals surface area contributed by atoms with Gasteiger partial charge in [0, 0.05) is 6.42 Å². The van der Waals surface area contributed by atoms with Gasteiger partial charge in [-0.25, -0.2) is 0 Å². The van der Waals surface area contributed by atoms with Gasteiger partial charge in [0.1, 0.15) is 13.2 Å². The highest BCUT2D eigenvalue weighted by Crippen LogP contribution is 2.37. The number of hydrogen-bond donors (Lipinski definition) is 2. The fourth-order valence-electron chi connectivity index (χ4n) is 2.45. The minimum Gasteiger partial charge on any atom is -0.486 e. The number of carbonyl (C=O) groups is 2. The van der Waals surface area contributed by atoms with Gasteiger partial charge >= 0.3 is 5.97 Å². The third-order valence-electron chi connectivity index (χ3n) is 3.37. The van der Waals surface area contributed by atoms with Crippen LogP contribution >= 0.6 is 0 Å². The van der Waals surface area contributed by atoms with Gasteiger partial charge in [-0.3, -0.25) is 9.59 Å². The van der Waals surface area contributed by atoms with Gasteiger partial charge in [0.15, 0.2) is 11.5 Å². The molecule has 1 fully saturated rings. The smallest absolute Gasteiger partial charge is 0.309 e. The van der Waals surface area contributed by atoms with Crippen molar-refractivity contribution in [3.05, 3.63) is 23.8 Å². The van der Waals surface area contributed by atoms with Crippen molar-refractivity contribution in [1.82, 2.24) is 5.32 Å². The van der Waals surface area contributed by atoms with E-state index in [4.69, 9.17) is 14.6 Å². The second kappa shape index (κ2) is 4.46. The Kier molecular flexibility index (Phi) is 2.77. The standard InChI is InChI=1S/C13H13NO5/c15-11-6-8(13(16)17)12(14-11)7-1-2-9-10(5-7)19-4-3-18-9/h1-2,5,8,12H,3-4,6H2,(H,14,15)(H,16,17). The third kappa shape index (κ3) is 2.09. The van der Waals surface area contributed by atoms with E-state index in [0.29, 0.717) is 24.7 Å². The molecule has 100 valence electrons. The largest absolute Gasteiger partial charge is 0.486 e. The molecule has 2 aliphatic heterocycles. The number of ether oxygens (including phenoxy) is 2. The normalized spacial score (nSPS) is 24.9. The van der Waals surface area contributed by atoms with E-state index in [1.165, 1.54) is 0 Å². The molecular weight excluding hydrogens is 250 g/mol. The minimum absolute atomic E-state index is 0.00837. The zero-order valence-corrected chi connectivity index (χ0v) is 10.1. The van der Waals surface area contributed by atoms with Gasteiger partial charge in [0.25, 0.3) is 0 Å². The summed E-state index contributed by atoms with van der Waals surface area (Å²) in [6.45, 7) is 0.972. The second-order valence-corrected chi connectivity index (χ2v) is 4.60. The average molecular weight is 263 g/mol. The Labute approximate surface area is 109 Å². The number of hydrogen-bond acceptors (Lipinski definition) is 4. The maximum Gasteiger partial charge on any atom is 0.309 e. The third-order valence-corrected chi connectivity index (χ3v) is 3.37. The van der Waals surface area contributed by atoms with Gasteiger partial charge in [-0.1, -0.05) is 6.07 Å². The lowest BCUT2D eigenvalue weighted by molar-refractivity contribution is -0.142. The summed E-state index contributed by atoms with van der Waals surface area (Å²) in [5.74, 6) is -0.721. The lowest BCUT2D eigenvalue weighted by Crippen LogP contribution is -2.24. The van der Waals surface area contributed by atoms with E-state index in [-0.39, 0.29) is 12.3 Å². The topological polar surface area (TPSA) is 84.9 Å².